The average molecular weight is 258 g/mol. The maximum Gasteiger partial charge on any atom is 0.0671 e. The Morgan fingerprint density at radius 3 is 2.94 bits per heavy atom. The zero-order valence-electron chi connectivity index (χ0n) is 9.65. The Labute approximate surface area is 110 Å². The van der Waals surface area contributed by atoms with Crippen LogP contribution in [0.15, 0.2) is 48.7 Å². The van der Waals surface area contributed by atoms with Gasteiger partial charge in [-0.05, 0) is 29.8 Å². The number of halogens is 1. The Hall–Kier alpha value is -2.00. The molecule has 0 fully saturated rings. The molecule has 90 valence electrons. The Morgan fingerprint density at radius 1 is 1.17 bits per heavy atom. The van der Waals surface area contributed by atoms with Crippen LogP contribution in [0.3, 0.4) is 0 Å². The van der Waals surface area contributed by atoms with Crippen LogP contribution in [0.2, 0.25) is 5.02 Å². The van der Waals surface area contributed by atoms with E-state index < -0.39 is 0 Å². The molecule has 3 aromatic rings. The predicted molar refractivity (Wildman–Crippen MR) is 74.9 cm³/mol. The van der Waals surface area contributed by atoms with E-state index in [9.17, 15) is 0 Å². The summed E-state index contributed by atoms with van der Waals surface area (Å²) in [7, 11) is 0. The molecule has 0 aliphatic rings. The maximum atomic E-state index is 5.96. The van der Waals surface area contributed by atoms with Gasteiger partial charge in [0.05, 0.1) is 11.7 Å². The first-order valence-electron chi connectivity index (χ1n) is 5.73. The molecule has 2 aromatic carbocycles. The van der Waals surface area contributed by atoms with Crippen LogP contribution in [0.25, 0.3) is 10.9 Å². The molecule has 3 rings (SSSR count). The number of rotatable bonds is 3. The Bertz CT molecular complexity index is 675. The zero-order valence-corrected chi connectivity index (χ0v) is 10.4. The molecule has 0 radical (unpaired) electrons. The van der Waals surface area contributed by atoms with Crippen LogP contribution in [0, 0.1) is 0 Å². The predicted octanol–water partition coefficient (Wildman–Crippen LogP) is 3.83. The van der Waals surface area contributed by atoms with Gasteiger partial charge < -0.3 is 5.32 Å². The second-order valence-electron chi connectivity index (χ2n) is 4.12. The molecule has 18 heavy (non-hydrogen) atoms. The van der Waals surface area contributed by atoms with E-state index in [0.717, 1.165) is 33.7 Å². The fourth-order valence-corrected chi connectivity index (χ4v) is 2.18. The minimum Gasteiger partial charge on any atom is -0.380 e. The molecule has 1 aromatic heterocycles. The Morgan fingerprint density at radius 2 is 2.06 bits per heavy atom. The van der Waals surface area contributed by atoms with E-state index in [0.29, 0.717) is 0 Å². The van der Waals surface area contributed by atoms with Crippen molar-refractivity contribution in [2.45, 2.75) is 6.54 Å². The average Bonchev–Trinajstić information content (AvgIpc) is 2.85. The highest BCUT2D eigenvalue weighted by molar-refractivity contribution is 6.30. The number of hydrogen-bond acceptors (Lipinski definition) is 2. The van der Waals surface area contributed by atoms with Crippen LogP contribution in [0.4, 0.5) is 5.69 Å². The van der Waals surface area contributed by atoms with Crippen molar-refractivity contribution in [1.82, 2.24) is 10.2 Å². The molecule has 0 unspecified atom stereocenters. The fourth-order valence-electron chi connectivity index (χ4n) is 1.97. The van der Waals surface area contributed by atoms with Gasteiger partial charge in [0.15, 0.2) is 0 Å². The third-order valence-corrected chi connectivity index (χ3v) is 3.09. The van der Waals surface area contributed by atoms with E-state index in [2.05, 4.69) is 15.5 Å². The van der Waals surface area contributed by atoms with E-state index >= 15 is 0 Å². The third kappa shape index (κ3) is 2.17. The maximum absolute atomic E-state index is 5.96. The van der Waals surface area contributed by atoms with E-state index in [1.165, 1.54) is 0 Å². The largest absolute Gasteiger partial charge is 0.380 e. The lowest BCUT2D eigenvalue weighted by molar-refractivity contribution is 1.12. The Balaban J connectivity index is 1.83. The van der Waals surface area contributed by atoms with Gasteiger partial charge in [-0.1, -0.05) is 29.8 Å². The van der Waals surface area contributed by atoms with Crippen molar-refractivity contribution in [1.29, 1.82) is 0 Å². The number of benzene rings is 2. The summed E-state index contributed by atoms with van der Waals surface area (Å²) >= 11 is 5.96. The van der Waals surface area contributed by atoms with Gasteiger partial charge in [-0.3, -0.25) is 5.10 Å². The van der Waals surface area contributed by atoms with Crippen LogP contribution in [-0.4, -0.2) is 10.2 Å². The summed E-state index contributed by atoms with van der Waals surface area (Å²) in [6.45, 7) is 0.741. The van der Waals surface area contributed by atoms with Crippen molar-refractivity contribution in [2.24, 2.45) is 0 Å². The topological polar surface area (TPSA) is 40.7 Å². The van der Waals surface area contributed by atoms with Crippen molar-refractivity contribution in [3.8, 4) is 0 Å². The van der Waals surface area contributed by atoms with E-state index in [1.54, 1.807) is 0 Å². The summed E-state index contributed by atoms with van der Waals surface area (Å²) in [5, 5.41) is 12.3. The molecular weight excluding hydrogens is 246 g/mol. The summed E-state index contributed by atoms with van der Waals surface area (Å²) in [5.74, 6) is 0. The fraction of sp³-hybridized carbons (Fsp3) is 0.0714. The number of nitrogens with one attached hydrogen (secondary N) is 2. The minimum absolute atomic E-state index is 0.741. The molecule has 2 N–H and O–H groups in total. The van der Waals surface area contributed by atoms with Crippen LogP contribution in [0.1, 0.15) is 5.56 Å². The molecule has 0 amide bonds. The molecule has 0 spiro atoms. The molecule has 1 heterocycles. The number of nitrogens with zero attached hydrogens (tertiary/aromatic N) is 1. The minimum atomic E-state index is 0.741. The normalized spacial score (nSPS) is 10.7. The highest BCUT2D eigenvalue weighted by atomic mass is 35.5. The summed E-state index contributed by atoms with van der Waals surface area (Å²) in [5.41, 5.74) is 3.26. The van der Waals surface area contributed by atoms with E-state index in [1.807, 2.05) is 48.7 Å². The molecule has 3 nitrogen and oxygen atoms in total. The number of hydrogen-bond donors (Lipinski definition) is 2. The lowest BCUT2D eigenvalue weighted by Gasteiger charge is -2.07. The molecule has 0 aliphatic heterocycles. The van der Waals surface area contributed by atoms with E-state index in [-0.39, 0.29) is 0 Å². The first-order valence-corrected chi connectivity index (χ1v) is 6.11. The van der Waals surface area contributed by atoms with Gasteiger partial charge in [0.1, 0.15) is 0 Å². The van der Waals surface area contributed by atoms with Gasteiger partial charge in [0.2, 0.25) is 0 Å². The van der Waals surface area contributed by atoms with Crippen LogP contribution < -0.4 is 5.32 Å². The second-order valence-corrected chi connectivity index (χ2v) is 4.56. The van der Waals surface area contributed by atoms with Gasteiger partial charge in [0, 0.05) is 22.6 Å². The molecule has 0 aliphatic carbocycles. The Kier molecular flexibility index (Phi) is 2.90. The van der Waals surface area contributed by atoms with Gasteiger partial charge in [0.25, 0.3) is 0 Å². The van der Waals surface area contributed by atoms with Gasteiger partial charge in [-0.25, -0.2) is 0 Å². The molecule has 4 heteroatoms. The standard InChI is InChI=1S/C14H12ClN3/c15-11-4-1-3-10(7-11)8-16-13-5-2-6-14-12(13)9-17-18-14/h1-7,9,16H,8H2,(H,17,18). The quantitative estimate of drug-likeness (QED) is 0.749. The van der Waals surface area contributed by atoms with Crippen molar-refractivity contribution in [3.63, 3.8) is 0 Å². The smallest absolute Gasteiger partial charge is 0.0671 e. The summed E-state index contributed by atoms with van der Waals surface area (Å²) in [6.07, 6.45) is 1.83. The first-order chi connectivity index (χ1) is 8.83. The number of fused-ring (bicyclic) bond motifs is 1. The van der Waals surface area contributed by atoms with Gasteiger partial charge in [-0.2, -0.15) is 5.10 Å². The number of anilines is 1. The lowest BCUT2D eigenvalue weighted by atomic mass is 10.2. The molecule has 0 saturated heterocycles. The summed E-state index contributed by atoms with van der Waals surface area (Å²) < 4.78 is 0. The highest BCUT2D eigenvalue weighted by Gasteiger charge is 2.02. The third-order valence-electron chi connectivity index (χ3n) is 2.86. The van der Waals surface area contributed by atoms with Gasteiger partial charge >= 0.3 is 0 Å². The molecule has 0 bridgehead atoms. The number of H-pyrrole nitrogens is 1. The second kappa shape index (κ2) is 4.70. The molecular formula is C14H12ClN3. The number of aromatic nitrogens is 2. The lowest BCUT2D eigenvalue weighted by Crippen LogP contribution is -1.99. The SMILES string of the molecule is Clc1cccc(CNc2cccc3[nH]ncc23)c1. The molecule has 0 atom stereocenters. The van der Waals surface area contributed by atoms with Crippen molar-refractivity contribution >= 4 is 28.2 Å². The van der Waals surface area contributed by atoms with Crippen LogP contribution in [0.5, 0.6) is 0 Å². The first kappa shape index (κ1) is 11.1. The van der Waals surface area contributed by atoms with Crippen LogP contribution in [-0.2, 0) is 6.54 Å². The zero-order chi connectivity index (χ0) is 12.4. The number of aromatic amines is 1. The van der Waals surface area contributed by atoms with Crippen molar-refractivity contribution in [2.75, 3.05) is 5.32 Å². The van der Waals surface area contributed by atoms with Crippen LogP contribution >= 0.6 is 11.6 Å². The highest BCUT2D eigenvalue weighted by Crippen LogP contribution is 2.22. The summed E-state index contributed by atoms with van der Waals surface area (Å²) in [4.78, 5) is 0. The molecule has 0 saturated carbocycles. The van der Waals surface area contributed by atoms with E-state index in [4.69, 9.17) is 11.6 Å². The van der Waals surface area contributed by atoms with Gasteiger partial charge in [-0.15, -0.1) is 0 Å². The van der Waals surface area contributed by atoms with Crippen molar-refractivity contribution < 1.29 is 0 Å². The van der Waals surface area contributed by atoms with Crippen molar-refractivity contribution in [3.05, 3.63) is 59.2 Å². The monoisotopic (exact) mass is 257 g/mol. The summed E-state index contributed by atoms with van der Waals surface area (Å²) in [6, 6.07) is 13.9.